The molecule has 0 radical (unpaired) electrons. The molecule has 6 nitrogen and oxygen atoms in total. The van der Waals surface area contributed by atoms with Gasteiger partial charge in [0.05, 0.1) is 12.8 Å². The van der Waals surface area contributed by atoms with Crippen LogP contribution in [-0.2, 0) is 17.2 Å². The first-order valence-electron chi connectivity index (χ1n) is 7.52. The Morgan fingerprint density at radius 1 is 1.29 bits per heavy atom. The normalized spacial score (nSPS) is 11.4. The molecule has 0 unspecified atom stereocenters. The lowest BCUT2D eigenvalue weighted by atomic mass is 9.92. The Hall–Kier alpha value is -2.28. The summed E-state index contributed by atoms with van der Waals surface area (Å²) >= 11 is 1.43. The number of carbonyl (C=O) groups excluding carboxylic acids is 2. The number of esters is 1. The van der Waals surface area contributed by atoms with Gasteiger partial charge in [0.1, 0.15) is 5.00 Å². The van der Waals surface area contributed by atoms with Crippen LogP contribution in [0.4, 0.5) is 15.5 Å². The minimum absolute atomic E-state index is 0.218. The first kappa shape index (κ1) is 18.1. The molecule has 0 aliphatic heterocycles. The highest BCUT2D eigenvalue weighted by atomic mass is 32.1. The highest BCUT2D eigenvalue weighted by molar-refractivity contribution is 7.16. The number of methoxy groups -OCH3 is 1. The number of nitrogens with two attached hydrogens (primary N) is 1. The van der Waals surface area contributed by atoms with Crippen molar-refractivity contribution in [2.45, 2.75) is 33.1 Å². The standard InChI is InChI=1S/C17H23N3O3S/c1-10-7-8-13(24-10)20(16(18)22)11-9-12(17(2,3)4)19(5)14(11)15(21)23-6/h7-9H,1-6H3,(H2,18,22). The third kappa shape index (κ3) is 3.17. The molecule has 0 atom stereocenters. The van der Waals surface area contributed by atoms with Crippen molar-refractivity contribution in [3.05, 3.63) is 34.5 Å². The zero-order valence-electron chi connectivity index (χ0n) is 14.8. The topological polar surface area (TPSA) is 77.6 Å². The van der Waals surface area contributed by atoms with Gasteiger partial charge < -0.3 is 15.0 Å². The minimum atomic E-state index is -0.645. The summed E-state index contributed by atoms with van der Waals surface area (Å²) in [5.74, 6) is -0.512. The summed E-state index contributed by atoms with van der Waals surface area (Å²) in [5, 5.41) is 0.663. The van der Waals surface area contributed by atoms with Gasteiger partial charge in [0, 0.05) is 23.0 Å². The molecule has 7 heteroatoms. The molecule has 0 aliphatic carbocycles. The average molecular weight is 349 g/mol. The number of hydrogen-bond donors (Lipinski definition) is 1. The zero-order chi connectivity index (χ0) is 18.2. The number of thiophene rings is 1. The molecular formula is C17H23N3O3S. The maximum atomic E-state index is 12.3. The zero-order valence-corrected chi connectivity index (χ0v) is 15.7. The fourth-order valence-electron chi connectivity index (χ4n) is 2.70. The SMILES string of the molecule is COC(=O)c1c(N(C(N)=O)c2ccc(C)s2)cc(C(C)(C)C)n1C. The van der Waals surface area contributed by atoms with Crippen molar-refractivity contribution < 1.29 is 14.3 Å². The highest BCUT2D eigenvalue weighted by Gasteiger charge is 2.31. The molecule has 2 heterocycles. The molecule has 0 saturated carbocycles. The maximum Gasteiger partial charge on any atom is 0.356 e. The van der Waals surface area contributed by atoms with Gasteiger partial charge in [-0.05, 0) is 25.1 Å². The summed E-state index contributed by atoms with van der Waals surface area (Å²) in [4.78, 5) is 26.9. The van der Waals surface area contributed by atoms with Crippen molar-refractivity contribution in [2.75, 3.05) is 12.0 Å². The van der Waals surface area contributed by atoms with Crippen LogP contribution in [0.3, 0.4) is 0 Å². The molecular weight excluding hydrogens is 326 g/mol. The molecule has 0 saturated heterocycles. The van der Waals surface area contributed by atoms with Crippen molar-refractivity contribution in [3.8, 4) is 0 Å². The van der Waals surface area contributed by atoms with E-state index in [1.165, 1.54) is 23.3 Å². The number of urea groups is 1. The Balaban J connectivity index is 2.74. The number of aryl methyl sites for hydroxylation is 1. The lowest BCUT2D eigenvalue weighted by Crippen LogP contribution is -2.32. The van der Waals surface area contributed by atoms with E-state index in [0.717, 1.165) is 10.6 Å². The number of amides is 2. The molecule has 2 aromatic rings. The Morgan fingerprint density at radius 2 is 1.92 bits per heavy atom. The molecule has 2 aromatic heterocycles. The minimum Gasteiger partial charge on any atom is -0.464 e. The van der Waals surface area contributed by atoms with Gasteiger partial charge in [-0.15, -0.1) is 11.3 Å². The van der Waals surface area contributed by atoms with E-state index in [2.05, 4.69) is 0 Å². The second-order valence-corrected chi connectivity index (χ2v) is 7.89. The van der Waals surface area contributed by atoms with E-state index in [1.54, 1.807) is 11.6 Å². The summed E-state index contributed by atoms with van der Waals surface area (Å²) in [6, 6.07) is 4.90. The van der Waals surface area contributed by atoms with Crippen molar-refractivity contribution in [1.82, 2.24) is 4.57 Å². The molecule has 0 aliphatic rings. The number of rotatable bonds is 3. The average Bonchev–Trinajstić information content (AvgIpc) is 3.02. The van der Waals surface area contributed by atoms with Gasteiger partial charge in [0.2, 0.25) is 0 Å². The second-order valence-electron chi connectivity index (χ2n) is 6.62. The van der Waals surface area contributed by atoms with Crippen LogP contribution >= 0.6 is 11.3 Å². The lowest BCUT2D eigenvalue weighted by Gasteiger charge is -2.19. The number of carbonyl (C=O) groups is 2. The van der Waals surface area contributed by atoms with Gasteiger partial charge in [-0.1, -0.05) is 20.8 Å². The van der Waals surface area contributed by atoms with Crippen molar-refractivity contribution in [3.63, 3.8) is 0 Å². The van der Waals surface area contributed by atoms with Crippen LogP contribution < -0.4 is 10.6 Å². The monoisotopic (exact) mass is 349 g/mol. The van der Waals surface area contributed by atoms with Gasteiger partial charge in [-0.25, -0.2) is 9.59 Å². The molecule has 2 N–H and O–H groups in total. The van der Waals surface area contributed by atoms with E-state index < -0.39 is 12.0 Å². The van der Waals surface area contributed by atoms with Gasteiger partial charge in [0.25, 0.3) is 0 Å². The van der Waals surface area contributed by atoms with E-state index in [9.17, 15) is 9.59 Å². The summed E-state index contributed by atoms with van der Waals surface area (Å²) in [6.45, 7) is 8.06. The van der Waals surface area contributed by atoms with Crippen LogP contribution in [0, 0.1) is 6.92 Å². The van der Waals surface area contributed by atoms with Gasteiger partial charge in [0.15, 0.2) is 5.69 Å². The summed E-state index contributed by atoms with van der Waals surface area (Å²) in [7, 11) is 3.11. The third-order valence-electron chi connectivity index (χ3n) is 3.77. The first-order valence-corrected chi connectivity index (χ1v) is 8.34. The van der Waals surface area contributed by atoms with Crippen LogP contribution in [0.2, 0.25) is 0 Å². The summed E-state index contributed by atoms with van der Waals surface area (Å²) in [5.41, 5.74) is 7.04. The Bertz CT molecular complexity index is 784. The molecule has 130 valence electrons. The lowest BCUT2D eigenvalue weighted by molar-refractivity contribution is 0.0590. The number of primary amides is 1. The van der Waals surface area contributed by atoms with Crippen LogP contribution in [0.5, 0.6) is 0 Å². The van der Waals surface area contributed by atoms with E-state index >= 15 is 0 Å². The van der Waals surface area contributed by atoms with Crippen molar-refractivity contribution >= 4 is 34.0 Å². The fraction of sp³-hybridized carbons (Fsp3) is 0.412. The van der Waals surface area contributed by atoms with Crippen molar-refractivity contribution in [2.24, 2.45) is 12.8 Å². The third-order valence-corrected chi connectivity index (χ3v) is 4.75. The first-order chi connectivity index (χ1) is 11.1. The Labute approximate surface area is 145 Å². The highest BCUT2D eigenvalue weighted by Crippen LogP contribution is 2.38. The molecule has 0 fully saturated rings. The quantitative estimate of drug-likeness (QED) is 0.858. The number of anilines is 2. The van der Waals surface area contributed by atoms with Crippen molar-refractivity contribution in [1.29, 1.82) is 0 Å². The Morgan fingerprint density at radius 3 is 2.33 bits per heavy atom. The maximum absolute atomic E-state index is 12.3. The van der Waals surface area contributed by atoms with Crippen LogP contribution in [0.1, 0.15) is 41.8 Å². The Kier molecular flexibility index (Phi) is 4.75. The molecule has 24 heavy (non-hydrogen) atoms. The number of nitrogens with zero attached hydrogens (tertiary/aromatic N) is 2. The number of aromatic nitrogens is 1. The predicted octanol–water partition coefficient (Wildman–Crippen LogP) is 3.70. The van der Waals surface area contributed by atoms with Crippen LogP contribution in [0.15, 0.2) is 18.2 Å². The number of ether oxygens (including phenoxy) is 1. The van der Waals surface area contributed by atoms with E-state index in [4.69, 9.17) is 10.5 Å². The second kappa shape index (κ2) is 6.32. The van der Waals surface area contributed by atoms with E-state index in [1.807, 2.05) is 45.9 Å². The predicted molar refractivity (Wildman–Crippen MR) is 96.2 cm³/mol. The van der Waals surface area contributed by atoms with Crippen LogP contribution in [-0.4, -0.2) is 23.7 Å². The van der Waals surface area contributed by atoms with Gasteiger partial charge in [-0.2, -0.15) is 0 Å². The molecule has 0 aromatic carbocycles. The molecule has 0 bridgehead atoms. The number of hydrogen-bond acceptors (Lipinski definition) is 4. The molecule has 2 rings (SSSR count). The van der Waals surface area contributed by atoms with Crippen LogP contribution in [0.25, 0.3) is 0 Å². The van der Waals surface area contributed by atoms with Gasteiger partial charge in [-0.3, -0.25) is 4.90 Å². The van der Waals surface area contributed by atoms with Gasteiger partial charge >= 0.3 is 12.0 Å². The smallest absolute Gasteiger partial charge is 0.356 e. The fourth-order valence-corrected chi connectivity index (χ4v) is 3.58. The van der Waals surface area contributed by atoms with E-state index in [-0.39, 0.29) is 5.41 Å². The summed E-state index contributed by atoms with van der Waals surface area (Å²) in [6.07, 6.45) is 0. The molecule has 0 spiro atoms. The molecule has 2 amide bonds. The van der Waals surface area contributed by atoms with E-state index in [0.29, 0.717) is 16.4 Å². The summed E-state index contributed by atoms with van der Waals surface area (Å²) < 4.78 is 6.68. The largest absolute Gasteiger partial charge is 0.464 e.